The maximum absolute atomic E-state index is 11.3. The van der Waals surface area contributed by atoms with Crippen molar-refractivity contribution in [2.24, 2.45) is 5.73 Å². The largest absolute Gasteiger partial charge is 0.369 e. The van der Waals surface area contributed by atoms with E-state index in [1.165, 1.54) is 18.1 Å². The number of primary amides is 1. The van der Waals surface area contributed by atoms with Crippen LogP contribution in [0.1, 0.15) is 12.2 Å². The molecule has 0 bridgehead atoms. The third-order valence-corrected chi connectivity index (χ3v) is 2.85. The van der Waals surface area contributed by atoms with E-state index in [4.69, 9.17) is 5.73 Å². The average Bonchev–Trinajstić information content (AvgIpc) is 2.77. The summed E-state index contributed by atoms with van der Waals surface area (Å²) in [6.45, 7) is 0.522. The van der Waals surface area contributed by atoms with E-state index in [1.54, 1.807) is 0 Å². The van der Waals surface area contributed by atoms with Gasteiger partial charge in [0.05, 0.1) is 5.75 Å². The standard InChI is InChI=1S/C9H15N5O2S/c10-7(15)5-17-4-2-9(16)11-3-1-8-12-6-13-14-8/h6H,1-5H2,(H2,10,15)(H,11,16)(H,12,13,14). The fourth-order valence-electron chi connectivity index (χ4n) is 1.10. The molecule has 0 radical (unpaired) electrons. The van der Waals surface area contributed by atoms with Crippen molar-refractivity contribution in [3.8, 4) is 0 Å². The van der Waals surface area contributed by atoms with E-state index in [-0.39, 0.29) is 17.6 Å². The summed E-state index contributed by atoms with van der Waals surface area (Å²) in [5.41, 5.74) is 4.97. The van der Waals surface area contributed by atoms with Gasteiger partial charge in [0.15, 0.2) is 0 Å². The first kappa shape index (κ1) is 13.5. The number of carbonyl (C=O) groups excluding carboxylic acids is 2. The minimum absolute atomic E-state index is 0.0403. The van der Waals surface area contributed by atoms with Crippen LogP contribution in [0.4, 0.5) is 0 Å². The third-order valence-electron chi connectivity index (χ3n) is 1.87. The van der Waals surface area contributed by atoms with Gasteiger partial charge in [-0.2, -0.15) is 16.9 Å². The third kappa shape index (κ3) is 6.56. The first-order valence-electron chi connectivity index (χ1n) is 5.15. The molecule has 2 amide bonds. The van der Waals surface area contributed by atoms with E-state index in [1.807, 2.05) is 0 Å². The van der Waals surface area contributed by atoms with Crippen molar-refractivity contribution in [2.45, 2.75) is 12.8 Å². The summed E-state index contributed by atoms with van der Waals surface area (Å²) in [5.74, 6) is 1.19. The molecular weight excluding hydrogens is 242 g/mol. The number of amides is 2. The zero-order valence-electron chi connectivity index (χ0n) is 9.31. The van der Waals surface area contributed by atoms with Gasteiger partial charge in [-0.25, -0.2) is 4.98 Å². The fourth-order valence-corrected chi connectivity index (χ4v) is 1.77. The number of aromatic amines is 1. The van der Waals surface area contributed by atoms with E-state index < -0.39 is 0 Å². The number of nitrogens with one attached hydrogen (secondary N) is 2. The molecule has 0 unspecified atom stereocenters. The van der Waals surface area contributed by atoms with Crippen molar-refractivity contribution >= 4 is 23.6 Å². The number of nitrogens with two attached hydrogens (primary N) is 1. The summed E-state index contributed by atoms with van der Waals surface area (Å²) in [4.78, 5) is 25.7. The molecule has 0 atom stereocenters. The highest BCUT2D eigenvalue weighted by Gasteiger charge is 2.02. The number of thioether (sulfide) groups is 1. The second-order valence-corrected chi connectivity index (χ2v) is 4.41. The lowest BCUT2D eigenvalue weighted by atomic mass is 10.4. The topological polar surface area (TPSA) is 114 Å². The maximum Gasteiger partial charge on any atom is 0.227 e. The zero-order chi connectivity index (χ0) is 12.5. The van der Waals surface area contributed by atoms with Gasteiger partial charge in [-0.15, -0.1) is 0 Å². The maximum atomic E-state index is 11.3. The molecule has 0 saturated carbocycles. The first-order valence-corrected chi connectivity index (χ1v) is 6.31. The predicted octanol–water partition coefficient (Wildman–Crippen LogP) is -0.928. The molecule has 4 N–H and O–H groups in total. The Kier molecular flexibility index (Phi) is 6.08. The molecule has 0 aliphatic carbocycles. The van der Waals surface area contributed by atoms with Gasteiger partial charge in [0, 0.05) is 25.1 Å². The van der Waals surface area contributed by atoms with Crippen molar-refractivity contribution in [2.75, 3.05) is 18.1 Å². The van der Waals surface area contributed by atoms with Crippen LogP contribution in [0.15, 0.2) is 6.33 Å². The molecule has 17 heavy (non-hydrogen) atoms. The molecule has 0 aromatic carbocycles. The van der Waals surface area contributed by atoms with Gasteiger partial charge in [-0.05, 0) is 0 Å². The van der Waals surface area contributed by atoms with Crippen LogP contribution in [0.25, 0.3) is 0 Å². The summed E-state index contributed by atoms with van der Waals surface area (Å²) in [5, 5.41) is 9.16. The Balaban J connectivity index is 1.99. The van der Waals surface area contributed by atoms with Crippen molar-refractivity contribution < 1.29 is 9.59 Å². The van der Waals surface area contributed by atoms with Gasteiger partial charge in [-0.1, -0.05) is 0 Å². The Morgan fingerprint density at radius 3 is 3.00 bits per heavy atom. The van der Waals surface area contributed by atoms with Crippen LogP contribution in [-0.2, 0) is 16.0 Å². The van der Waals surface area contributed by atoms with Crippen LogP contribution in [0.5, 0.6) is 0 Å². The highest BCUT2D eigenvalue weighted by Crippen LogP contribution is 2.00. The lowest BCUT2D eigenvalue weighted by Crippen LogP contribution is -2.26. The molecule has 0 fully saturated rings. The molecule has 94 valence electrons. The molecule has 1 aromatic rings. The number of rotatable bonds is 8. The molecule has 1 rings (SSSR count). The zero-order valence-corrected chi connectivity index (χ0v) is 10.1. The molecule has 8 heteroatoms. The molecule has 1 heterocycles. The Bertz CT molecular complexity index is 354. The van der Waals surface area contributed by atoms with Crippen LogP contribution in [0, 0.1) is 0 Å². The van der Waals surface area contributed by atoms with Gasteiger partial charge in [-0.3, -0.25) is 14.7 Å². The number of nitrogens with zero attached hydrogens (tertiary/aromatic N) is 2. The van der Waals surface area contributed by atoms with E-state index >= 15 is 0 Å². The Morgan fingerprint density at radius 1 is 1.53 bits per heavy atom. The molecule has 1 aromatic heterocycles. The second-order valence-electron chi connectivity index (χ2n) is 3.30. The van der Waals surface area contributed by atoms with E-state index in [9.17, 15) is 9.59 Å². The summed E-state index contributed by atoms with van der Waals surface area (Å²) < 4.78 is 0. The Hall–Kier alpha value is -1.57. The molecule has 0 aliphatic heterocycles. The van der Waals surface area contributed by atoms with E-state index in [0.717, 1.165) is 5.82 Å². The van der Waals surface area contributed by atoms with E-state index in [0.29, 0.717) is 25.1 Å². The lowest BCUT2D eigenvalue weighted by molar-refractivity contribution is -0.120. The van der Waals surface area contributed by atoms with E-state index in [2.05, 4.69) is 20.5 Å². The van der Waals surface area contributed by atoms with Crippen LogP contribution < -0.4 is 11.1 Å². The fraction of sp³-hybridized carbons (Fsp3) is 0.556. The quantitative estimate of drug-likeness (QED) is 0.521. The first-order chi connectivity index (χ1) is 8.18. The average molecular weight is 257 g/mol. The van der Waals surface area contributed by atoms with Gasteiger partial charge >= 0.3 is 0 Å². The summed E-state index contributed by atoms with van der Waals surface area (Å²) in [7, 11) is 0. The minimum atomic E-state index is -0.360. The van der Waals surface area contributed by atoms with Crippen molar-refractivity contribution in [3.05, 3.63) is 12.2 Å². The molecule has 0 spiro atoms. The number of carbonyl (C=O) groups is 2. The van der Waals surface area contributed by atoms with Crippen LogP contribution in [0.3, 0.4) is 0 Å². The smallest absolute Gasteiger partial charge is 0.227 e. The van der Waals surface area contributed by atoms with Crippen molar-refractivity contribution in [3.63, 3.8) is 0 Å². The molecule has 0 saturated heterocycles. The number of H-pyrrole nitrogens is 1. The Labute approximate surface area is 103 Å². The van der Waals surface area contributed by atoms with Crippen LogP contribution >= 0.6 is 11.8 Å². The molecule has 7 nitrogen and oxygen atoms in total. The Morgan fingerprint density at radius 2 is 2.35 bits per heavy atom. The monoisotopic (exact) mass is 257 g/mol. The SMILES string of the molecule is NC(=O)CSCCC(=O)NCCc1ncn[nH]1. The highest BCUT2D eigenvalue weighted by atomic mass is 32.2. The molecule has 0 aliphatic rings. The second kappa shape index (κ2) is 7.66. The lowest BCUT2D eigenvalue weighted by Gasteiger charge is -2.03. The minimum Gasteiger partial charge on any atom is -0.369 e. The number of aromatic nitrogens is 3. The number of hydrogen-bond donors (Lipinski definition) is 3. The predicted molar refractivity (Wildman–Crippen MR) is 64.2 cm³/mol. The van der Waals surface area contributed by atoms with Crippen molar-refractivity contribution in [1.29, 1.82) is 0 Å². The normalized spacial score (nSPS) is 10.1. The summed E-state index contributed by atoms with van der Waals surface area (Å²) in [6, 6.07) is 0. The van der Waals surface area contributed by atoms with Gasteiger partial charge in [0.1, 0.15) is 12.2 Å². The van der Waals surface area contributed by atoms with Crippen LogP contribution in [-0.4, -0.2) is 45.0 Å². The summed E-state index contributed by atoms with van der Waals surface area (Å²) in [6.07, 6.45) is 2.44. The van der Waals surface area contributed by atoms with Gasteiger partial charge in [0.25, 0.3) is 0 Å². The van der Waals surface area contributed by atoms with Crippen molar-refractivity contribution in [1.82, 2.24) is 20.5 Å². The molecular formula is C9H15N5O2S. The highest BCUT2D eigenvalue weighted by molar-refractivity contribution is 7.99. The van der Waals surface area contributed by atoms with Gasteiger partial charge < -0.3 is 11.1 Å². The van der Waals surface area contributed by atoms with Crippen LogP contribution in [0.2, 0.25) is 0 Å². The van der Waals surface area contributed by atoms with Gasteiger partial charge in [0.2, 0.25) is 11.8 Å². The summed E-state index contributed by atoms with van der Waals surface area (Å²) >= 11 is 1.36. The number of hydrogen-bond acceptors (Lipinski definition) is 5.